The molecule has 0 saturated carbocycles. The summed E-state index contributed by atoms with van der Waals surface area (Å²) in [6.45, 7) is 4.14. The van der Waals surface area contributed by atoms with Crippen LogP contribution in [0.4, 0.5) is 19.0 Å². The second-order valence-corrected chi connectivity index (χ2v) is 9.20. The maximum absolute atomic E-state index is 14.0. The molecule has 1 amide bonds. The van der Waals surface area contributed by atoms with Crippen molar-refractivity contribution in [2.75, 3.05) is 31.1 Å². The highest BCUT2D eigenvalue weighted by atomic mass is 19.4. The van der Waals surface area contributed by atoms with E-state index in [1.54, 1.807) is 0 Å². The average Bonchev–Trinajstić information content (AvgIpc) is 3.00. The number of rotatable bonds is 3. The zero-order chi connectivity index (χ0) is 25.4. The number of carbonyl (C=O) groups is 1. The third-order valence-corrected chi connectivity index (χ3v) is 6.80. The Morgan fingerprint density at radius 1 is 0.944 bits per heavy atom. The summed E-state index contributed by atoms with van der Waals surface area (Å²) in [6, 6.07) is 18.5. The third kappa shape index (κ3) is 4.43. The van der Waals surface area contributed by atoms with Crippen LogP contribution < -0.4 is 4.90 Å². The van der Waals surface area contributed by atoms with Gasteiger partial charge in [-0.1, -0.05) is 42.0 Å². The van der Waals surface area contributed by atoms with Crippen molar-refractivity contribution in [1.82, 2.24) is 14.5 Å². The highest BCUT2D eigenvalue weighted by molar-refractivity contribution is 6.13. The molecule has 1 aliphatic rings. The number of alkyl halides is 3. The van der Waals surface area contributed by atoms with Crippen molar-refractivity contribution >= 4 is 22.6 Å². The maximum atomic E-state index is 14.0. The van der Waals surface area contributed by atoms with Crippen LogP contribution in [0.5, 0.6) is 0 Å². The lowest BCUT2D eigenvalue weighted by atomic mass is 10.0. The molecule has 3 heterocycles. The molecule has 0 N–H and O–H groups in total. The lowest BCUT2D eigenvalue weighted by Crippen LogP contribution is -2.35. The number of aryl methyl sites for hydroxylation is 2. The number of pyridine rings is 1. The van der Waals surface area contributed by atoms with E-state index in [4.69, 9.17) is 0 Å². The Kier molecular flexibility index (Phi) is 6.20. The zero-order valence-corrected chi connectivity index (χ0v) is 20.2. The minimum atomic E-state index is -4.42. The fourth-order valence-electron chi connectivity index (χ4n) is 4.96. The number of amides is 1. The fourth-order valence-corrected chi connectivity index (χ4v) is 4.96. The largest absolute Gasteiger partial charge is 0.417 e. The summed E-state index contributed by atoms with van der Waals surface area (Å²) in [4.78, 5) is 21.9. The molecule has 0 aliphatic carbocycles. The number of halogens is 3. The van der Waals surface area contributed by atoms with Gasteiger partial charge in [-0.15, -0.1) is 0 Å². The number of nitrogens with zero attached hydrogens (tertiary/aromatic N) is 4. The van der Waals surface area contributed by atoms with Crippen LogP contribution in [0, 0.1) is 6.92 Å². The number of fused-ring (bicyclic) bond motifs is 1. The Balaban J connectivity index is 1.46. The van der Waals surface area contributed by atoms with E-state index in [0.717, 1.165) is 40.0 Å². The molecule has 0 unspecified atom stereocenters. The Labute approximate surface area is 207 Å². The summed E-state index contributed by atoms with van der Waals surface area (Å²) in [7, 11) is 1.98. The number of carbonyl (C=O) groups excluding carboxylic acids is 1. The summed E-state index contributed by atoms with van der Waals surface area (Å²) in [5, 5.41) is 0.923. The zero-order valence-electron chi connectivity index (χ0n) is 20.2. The van der Waals surface area contributed by atoms with E-state index in [9.17, 15) is 18.0 Å². The van der Waals surface area contributed by atoms with Gasteiger partial charge in [0.1, 0.15) is 5.82 Å². The van der Waals surface area contributed by atoms with Crippen molar-refractivity contribution < 1.29 is 18.0 Å². The van der Waals surface area contributed by atoms with Gasteiger partial charge in [0, 0.05) is 50.3 Å². The van der Waals surface area contributed by atoms with Crippen LogP contribution in [0.15, 0.2) is 66.9 Å². The lowest BCUT2D eigenvalue weighted by Gasteiger charge is -2.23. The summed E-state index contributed by atoms with van der Waals surface area (Å²) >= 11 is 0. The first-order chi connectivity index (χ1) is 17.2. The van der Waals surface area contributed by atoms with E-state index in [1.165, 1.54) is 6.07 Å². The van der Waals surface area contributed by atoms with E-state index in [-0.39, 0.29) is 5.91 Å². The molecule has 1 fully saturated rings. The summed E-state index contributed by atoms with van der Waals surface area (Å²) < 4.78 is 40.8. The minimum Gasteiger partial charge on any atom is -0.355 e. The molecule has 0 spiro atoms. The quantitative estimate of drug-likeness (QED) is 0.357. The monoisotopic (exact) mass is 492 g/mol. The molecule has 1 aliphatic heterocycles. The molecule has 1 saturated heterocycles. The van der Waals surface area contributed by atoms with Gasteiger partial charge in [-0.2, -0.15) is 13.2 Å². The number of hydrogen-bond donors (Lipinski definition) is 0. The van der Waals surface area contributed by atoms with E-state index in [1.807, 2.05) is 66.2 Å². The van der Waals surface area contributed by atoms with Crippen LogP contribution in [0.1, 0.15) is 27.9 Å². The van der Waals surface area contributed by atoms with Crippen LogP contribution in [0.25, 0.3) is 22.2 Å². The van der Waals surface area contributed by atoms with Crippen molar-refractivity contribution in [3.63, 3.8) is 0 Å². The Bertz CT molecular complexity index is 1390. The molecule has 0 bridgehead atoms. The van der Waals surface area contributed by atoms with Gasteiger partial charge < -0.3 is 14.4 Å². The van der Waals surface area contributed by atoms with E-state index in [2.05, 4.69) is 15.6 Å². The second kappa shape index (κ2) is 9.33. The van der Waals surface area contributed by atoms with Crippen LogP contribution >= 0.6 is 0 Å². The summed E-state index contributed by atoms with van der Waals surface area (Å²) in [6.07, 6.45) is -2.85. The van der Waals surface area contributed by atoms with Crippen molar-refractivity contribution in [3.05, 3.63) is 83.6 Å². The Morgan fingerprint density at radius 2 is 1.72 bits per heavy atom. The first-order valence-electron chi connectivity index (χ1n) is 12.0. The molecule has 5 rings (SSSR count). The average molecular weight is 493 g/mol. The smallest absolute Gasteiger partial charge is 0.355 e. The van der Waals surface area contributed by atoms with E-state index >= 15 is 0 Å². The van der Waals surface area contributed by atoms with Gasteiger partial charge >= 0.3 is 6.18 Å². The van der Waals surface area contributed by atoms with Gasteiger partial charge in [0.25, 0.3) is 5.91 Å². The SMILES string of the molecule is Cc1ccc2c(c1)c(C(=O)N1CCCN(c3ccc(C(F)(F)F)cn3)CC1)c(-c1ccccc1)n2C. The van der Waals surface area contributed by atoms with Gasteiger partial charge in [0.15, 0.2) is 0 Å². The fraction of sp³-hybridized carbons (Fsp3) is 0.286. The van der Waals surface area contributed by atoms with Gasteiger partial charge in [-0.3, -0.25) is 4.79 Å². The maximum Gasteiger partial charge on any atom is 0.417 e. The van der Waals surface area contributed by atoms with Crippen LogP contribution in [0.3, 0.4) is 0 Å². The number of benzene rings is 2. The molecular formula is C28H27F3N4O. The topological polar surface area (TPSA) is 41.4 Å². The molecule has 0 radical (unpaired) electrons. The molecule has 8 heteroatoms. The predicted octanol–water partition coefficient (Wildman–Crippen LogP) is 5.92. The predicted molar refractivity (Wildman–Crippen MR) is 135 cm³/mol. The summed E-state index contributed by atoms with van der Waals surface area (Å²) in [5.74, 6) is 0.454. The normalized spacial score (nSPS) is 14.8. The molecule has 2 aromatic heterocycles. The molecule has 36 heavy (non-hydrogen) atoms. The Hall–Kier alpha value is -3.81. The van der Waals surface area contributed by atoms with Gasteiger partial charge in [0.05, 0.1) is 16.8 Å². The first kappa shape index (κ1) is 23.9. The van der Waals surface area contributed by atoms with Crippen molar-refractivity contribution in [2.24, 2.45) is 7.05 Å². The molecular weight excluding hydrogens is 465 g/mol. The molecule has 4 aromatic rings. The van der Waals surface area contributed by atoms with Crippen molar-refractivity contribution in [3.8, 4) is 11.3 Å². The third-order valence-electron chi connectivity index (χ3n) is 6.80. The van der Waals surface area contributed by atoms with E-state index < -0.39 is 11.7 Å². The van der Waals surface area contributed by atoms with Crippen LogP contribution in [-0.2, 0) is 13.2 Å². The summed E-state index contributed by atoms with van der Waals surface area (Å²) in [5.41, 5.74) is 3.85. The van der Waals surface area contributed by atoms with Gasteiger partial charge in [-0.25, -0.2) is 4.98 Å². The van der Waals surface area contributed by atoms with Crippen molar-refractivity contribution in [2.45, 2.75) is 19.5 Å². The highest BCUT2D eigenvalue weighted by Crippen LogP contribution is 2.35. The van der Waals surface area contributed by atoms with Crippen molar-refractivity contribution in [1.29, 1.82) is 0 Å². The second-order valence-electron chi connectivity index (χ2n) is 9.20. The Morgan fingerprint density at radius 3 is 2.42 bits per heavy atom. The number of aromatic nitrogens is 2. The standard InChI is InChI=1S/C28H27F3N4O/c1-19-9-11-23-22(17-19)25(26(33(23)2)20-7-4-3-5-8-20)27(36)35-14-6-13-34(15-16-35)24-12-10-21(18-32-24)28(29,30)31/h3-5,7-12,17-18H,6,13-16H2,1-2H3. The molecule has 2 aromatic carbocycles. The lowest BCUT2D eigenvalue weighted by molar-refractivity contribution is -0.137. The molecule has 0 atom stereocenters. The van der Waals surface area contributed by atoms with Gasteiger partial charge in [0.2, 0.25) is 0 Å². The van der Waals surface area contributed by atoms with Gasteiger partial charge in [-0.05, 0) is 43.2 Å². The number of anilines is 1. The molecule has 186 valence electrons. The minimum absolute atomic E-state index is 0.0349. The number of hydrogen-bond acceptors (Lipinski definition) is 3. The van der Waals surface area contributed by atoms with Crippen LogP contribution in [0.2, 0.25) is 0 Å². The van der Waals surface area contributed by atoms with E-state index in [0.29, 0.717) is 44.0 Å². The molecule has 5 nitrogen and oxygen atoms in total. The first-order valence-corrected chi connectivity index (χ1v) is 12.0. The van der Waals surface area contributed by atoms with Crippen LogP contribution in [-0.4, -0.2) is 46.5 Å². The highest BCUT2D eigenvalue weighted by Gasteiger charge is 2.31.